The van der Waals surface area contributed by atoms with Crippen LogP contribution in [0, 0.1) is 3.57 Å². The third-order valence-corrected chi connectivity index (χ3v) is 3.95. The molecule has 0 unspecified atom stereocenters. The van der Waals surface area contributed by atoms with Crippen LogP contribution in [0.2, 0.25) is 0 Å². The normalized spacial score (nSPS) is 31.1. The van der Waals surface area contributed by atoms with Crippen LogP contribution in [-0.2, 0) is 14.2 Å². The maximum atomic E-state index is 10.1. The quantitative estimate of drug-likeness (QED) is 0.605. The summed E-state index contributed by atoms with van der Waals surface area (Å²) in [4.78, 5) is 0. The van der Waals surface area contributed by atoms with Crippen molar-refractivity contribution in [3.05, 3.63) is 33.4 Å². The molecule has 1 aromatic rings. The second-order valence-corrected chi connectivity index (χ2v) is 5.64. The zero-order valence-corrected chi connectivity index (χ0v) is 12.9. The minimum absolute atomic E-state index is 0.579. The number of halogens is 1. The molecule has 0 aliphatic carbocycles. The van der Waals surface area contributed by atoms with Crippen molar-refractivity contribution in [2.45, 2.75) is 30.7 Å². The van der Waals surface area contributed by atoms with E-state index in [1.54, 1.807) is 0 Å². The predicted molar refractivity (Wildman–Crippen MR) is 76.6 cm³/mol. The maximum Gasteiger partial charge on any atom is 0.185 e. The van der Waals surface area contributed by atoms with Crippen molar-refractivity contribution in [3.8, 4) is 0 Å². The van der Waals surface area contributed by atoms with Crippen LogP contribution in [-0.4, -0.2) is 49.0 Å². The molecule has 4 atom stereocenters. The van der Waals surface area contributed by atoms with Crippen LogP contribution in [0.3, 0.4) is 0 Å². The van der Waals surface area contributed by atoms with Crippen LogP contribution < -0.4 is 0 Å². The van der Waals surface area contributed by atoms with Gasteiger partial charge in [0.1, 0.15) is 24.4 Å². The van der Waals surface area contributed by atoms with E-state index in [4.69, 9.17) is 14.2 Å². The molecule has 1 heterocycles. The molecule has 0 saturated carbocycles. The molecule has 19 heavy (non-hydrogen) atoms. The molecule has 0 radical (unpaired) electrons. The molecule has 106 valence electrons. The molecule has 1 fully saturated rings. The largest absolute Gasteiger partial charge is 0.387 e. The van der Waals surface area contributed by atoms with E-state index in [1.165, 1.54) is 14.2 Å². The summed E-state index contributed by atoms with van der Waals surface area (Å²) >= 11 is 2.20. The van der Waals surface area contributed by atoms with E-state index in [9.17, 15) is 10.2 Å². The van der Waals surface area contributed by atoms with Gasteiger partial charge in [-0.3, -0.25) is 0 Å². The number of methoxy groups -OCH3 is 2. The number of rotatable bonds is 4. The zero-order valence-electron chi connectivity index (χ0n) is 10.7. The lowest BCUT2D eigenvalue weighted by atomic mass is 10.0. The Morgan fingerprint density at radius 3 is 2.21 bits per heavy atom. The summed E-state index contributed by atoms with van der Waals surface area (Å²) in [7, 11) is 2.93. The van der Waals surface area contributed by atoms with Gasteiger partial charge in [-0.1, -0.05) is 12.1 Å². The van der Waals surface area contributed by atoms with Crippen molar-refractivity contribution in [3.63, 3.8) is 0 Å². The van der Waals surface area contributed by atoms with E-state index in [0.717, 1.165) is 9.13 Å². The van der Waals surface area contributed by atoms with Crippen LogP contribution in [0.1, 0.15) is 11.7 Å². The summed E-state index contributed by atoms with van der Waals surface area (Å²) in [5.74, 6) is 0. The first kappa shape index (κ1) is 15.1. The molecular formula is C13H17IO5. The van der Waals surface area contributed by atoms with E-state index in [2.05, 4.69) is 22.6 Å². The first-order valence-corrected chi connectivity index (χ1v) is 6.99. The fraction of sp³-hybridized carbons (Fsp3) is 0.538. The van der Waals surface area contributed by atoms with Gasteiger partial charge in [0.05, 0.1) is 0 Å². The van der Waals surface area contributed by atoms with Gasteiger partial charge in [0, 0.05) is 17.8 Å². The number of hydrogen-bond donors (Lipinski definition) is 2. The van der Waals surface area contributed by atoms with Gasteiger partial charge in [0.15, 0.2) is 6.29 Å². The number of aliphatic hydroxyl groups excluding tert-OH is 2. The number of ether oxygens (including phenoxy) is 3. The highest BCUT2D eigenvalue weighted by molar-refractivity contribution is 14.1. The minimum Gasteiger partial charge on any atom is -0.387 e. The van der Waals surface area contributed by atoms with E-state index in [-0.39, 0.29) is 0 Å². The average molecular weight is 380 g/mol. The van der Waals surface area contributed by atoms with Crippen LogP contribution in [0.5, 0.6) is 0 Å². The number of hydrogen-bond acceptors (Lipinski definition) is 5. The molecule has 0 aromatic heterocycles. The summed E-state index contributed by atoms with van der Waals surface area (Å²) in [6, 6.07) is 7.60. The lowest BCUT2D eigenvalue weighted by molar-refractivity contribution is -0.192. The minimum atomic E-state index is -1.05. The first-order valence-electron chi connectivity index (χ1n) is 5.91. The monoisotopic (exact) mass is 380 g/mol. The van der Waals surface area contributed by atoms with Crippen LogP contribution in [0.15, 0.2) is 24.3 Å². The van der Waals surface area contributed by atoms with Gasteiger partial charge in [-0.25, -0.2) is 0 Å². The van der Waals surface area contributed by atoms with Crippen molar-refractivity contribution in [1.82, 2.24) is 0 Å². The lowest BCUT2D eigenvalue weighted by Crippen LogP contribution is -2.40. The molecule has 0 amide bonds. The second-order valence-electron chi connectivity index (χ2n) is 4.39. The van der Waals surface area contributed by atoms with Gasteiger partial charge < -0.3 is 24.4 Å². The topological polar surface area (TPSA) is 68.2 Å². The van der Waals surface area contributed by atoms with Gasteiger partial charge in [0.25, 0.3) is 0 Å². The number of benzene rings is 1. The molecule has 6 heteroatoms. The standard InChI is InChI=1S/C13H17IO5/c1-17-13(18-2)12-10(16)9(15)11(19-12)7-3-5-8(14)6-4-7/h3-6,9-13,15-16H,1-2H3/t9-,10+,11-,12-/m0/s1. The van der Waals surface area contributed by atoms with Gasteiger partial charge in [0.2, 0.25) is 0 Å². The highest BCUT2D eigenvalue weighted by atomic mass is 127. The van der Waals surface area contributed by atoms with E-state index < -0.39 is 30.7 Å². The van der Waals surface area contributed by atoms with Crippen molar-refractivity contribution in [2.75, 3.05) is 14.2 Å². The molecule has 2 rings (SSSR count). The summed E-state index contributed by atoms with van der Waals surface area (Å²) in [6.07, 6.45) is -4.05. The Hall–Kier alpha value is -0.250. The molecule has 0 spiro atoms. The highest BCUT2D eigenvalue weighted by Crippen LogP contribution is 2.35. The molecule has 1 aliphatic rings. The SMILES string of the molecule is COC(OC)[C@H]1O[C@@H](c2ccc(I)cc2)[C@@H](O)[C@H]1O. The smallest absolute Gasteiger partial charge is 0.185 e. The Balaban J connectivity index is 2.18. The van der Waals surface area contributed by atoms with Crippen molar-refractivity contribution < 1.29 is 24.4 Å². The molecule has 1 aromatic carbocycles. The van der Waals surface area contributed by atoms with E-state index in [0.29, 0.717) is 0 Å². The summed E-state index contributed by atoms with van der Waals surface area (Å²) < 4.78 is 17.0. The highest BCUT2D eigenvalue weighted by Gasteiger charge is 2.47. The Morgan fingerprint density at radius 2 is 1.68 bits per heavy atom. The maximum absolute atomic E-state index is 10.1. The third kappa shape index (κ3) is 3.09. The van der Waals surface area contributed by atoms with Crippen LogP contribution in [0.25, 0.3) is 0 Å². The van der Waals surface area contributed by atoms with Crippen molar-refractivity contribution >= 4 is 22.6 Å². The average Bonchev–Trinajstić information content (AvgIpc) is 2.70. The third-order valence-electron chi connectivity index (χ3n) is 3.23. The van der Waals surface area contributed by atoms with Crippen LogP contribution >= 0.6 is 22.6 Å². The van der Waals surface area contributed by atoms with E-state index in [1.807, 2.05) is 24.3 Å². The molecular weight excluding hydrogens is 363 g/mol. The lowest BCUT2D eigenvalue weighted by Gasteiger charge is -2.22. The fourth-order valence-corrected chi connectivity index (χ4v) is 2.58. The molecule has 0 bridgehead atoms. The Labute approximate surface area is 125 Å². The number of aliphatic hydroxyl groups is 2. The van der Waals surface area contributed by atoms with Crippen molar-refractivity contribution in [1.29, 1.82) is 0 Å². The Bertz CT molecular complexity index is 406. The van der Waals surface area contributed by atoms with E-state index >= 15 is 0 Å². The zero-order chi connectivity index (χ0) is 14.0. The Kier molecular flexibility index (Phi) is 5.15. The van der Waals surface area contributed by atoms with Gasteiger partial charge in [-0.2, -0.15) is 0 Å². The van der Waals surface area contributed by atoms with Gasteiger partial charge in [-0.05, 0) is 40.3 Å². The fourth-order valence-electron chi connectivity index (χ4n) is 2.22. The first-order chi connectivity index (χ1) is 9.08. The molecule has 1 saturated heterocycles. The Morgan fingerprint density at radius 1 is 1.11 bits per heavy atom. The molecule has 1 aliphatic heterocycles. The molecule has 5 nitrogen and oxygen atoms in total. The summed E-state index contributed by atoms with van der Waals surface area (Å²) in [5, 5.41) is 20.1. The second kappa shape index (κ2) is 6.47. The van der Waals surface area contributed by atoms with Gasteiger partial charge in [-0.15, -0.1) is 0 Å². The summed E-state index contributed by atoms with van der Waals surface area (Å²) in [5.41, 5.74) is 0.820. The van der Waals surface area contributed by atoms with Crippen LogP contribution in [0.4, 0.5) is 0 Å². The molecule has 2 N–H and O–H groups in total. The van der Waals surface area contributed by atoms with Gasteiger partial charge >= 0.3 is 0 Å². The predicted octanol–water partition coefficient (Wildman–Crippen LogP) is 1.07. The van der Waals surface area contributed by atoms with Crippen molar-refractivity contribution in [2.24, 2.45) is 0 Å². The summed E-state index contributed by atoms with van der Waals surface area (Å²) in [6.45, 7) is 0.